The standard InChI is InChI=1S/C19H24N2O5S/c1-24-17-7-8-19(18(13-17)25-2)27(22,23)20-14-15-3-5-16(6-4-15)21-9-11-26-12-10-21/h3-8,13,20H,9-12,14H2,1-2H3. The minimum atomic E-state index is -3.71. The van der Waals surface area contributed by atoms with Gasteiger partial charge in [0.15, 0.2) is 0 Å². The fourth-order valence-corrected chi connectivity index (χ4v) is 4.07. The summed E-state index contributed by atoms with van der Waals surface area (Å²) in [5, 5.41) is 0. The Bertz CT molecular complexity index is 862. The van der Waals surface area contributed by atoms with Gasteiger partial charge in [-0.05, 0) is 29.8 Å². The molecule has 0 spiro atoms. The van der Waals surface area contributed by atoms with E-state index in [0.717, 1.165) is 37.6 Å². The van der Waals surface area contributed by atoms with Crippen LogP contribution in [-0.2, 0) is 21.3 Å². The third kappa shape index (κ3) is 4.71. The van der Waals surface area contributed by atoms with Gasteiger partial charge in [0, 0.05) is 31.4 Å². The van der Waals surface area contributed by atoms with Gasteiger partial charge in [-0.1, -0.05) is 12.1 Å². The van der Waals surface area contributed by atoms with E-state index < -0.39 is 10.0 Å². The van der Waals surface area contributed by atoms with Gasteiger partial charge in [0.2, 0.25) is 10.0 Å². The van der Waals surface area contributed by atoms with Crippen molar-refractivity contribution in [1.29, 1.82) is 0 Å². The number of hydrogen-bond acceptors (Lipinski definition) is 6. The summed E-state index contributed by atoms with van der Waals surface area (Å²) in [5.74, 6) is 0.772. The van der Waals surface area contributed by atoms with Gasteiger partial charge in [0.1, 0.15) is 16.4 Å². The Kier molecular flexibility index (Phi) is 6.20. The maximum Gasteiger partial charge on any atom is 0.244 e. The number of hydrogen-bond donors (Lipinski definition) is 1. The predicted octanol–water partition coefficient (Wildman–Crippen LogP) is 2.02. The van der Waals surface area contributed by atoms with Gasteiger partial charge in [-0.25, -0.2) is 13.1 Å². The first-order valence-electron chi connectivity index (χ1n) is 8.67. The molecular weight excluding hydrogens is 368 g/mol. The molecule has 0 unspecified atom stereocenters. The van der Waals surface area contributed by atoms with Crippen molar-refractivity contribution in [3.05, 3.63) is 48.0 Å². The summed E-state index contributed by atoms with van der Waals surface area (Å²) in [6, 6.07) is 12.5. The number of nitrogens with one attached hydrogen (secondary N) is 1. The lowest BCUT2D eigenvalue weighted by Gasteiger charge is -2.28. The van der Waals surface area contributed by atoms with E-state index in [0.29, 0.717) is 5.75 Å². The highest BCUT2D eigenvalue weighted by Crippen LogP contribution is 2.28. The molecule has 0 aromatic heterocycles. The third-order valence-corrected chi connectivity index (χ3v) is 5.88. The summed E-state index contributed by atoms with van der Waals surface area (Å²) in [5.41, 5.74) is 1.99. The molecule has 7 nitrogen and oxygen atoms in total. The number of anilines is 1. The monoisotopic (exact) mass is 392 g/mol. The van der Waals surface area contributed by atoms with Gasteiger partial charge in [-0.3, -0.25) is 0 Å². The minimum absolute atomic E-state index is 0.0794. The van der Waals surface area contributed by atoms with E-state index in [1.165, 1.54) is 20.3 Å². The Labute approximate surface area is 159 Å². The van der Waals surface area contributed by atoms with E-state index in [1.54, 1.807) is 12.1 Å². The lowest BCUT2D eigenvalue weighted by atomic mass is 10.2. The van der Waals surface area contributed by atoms with Gasteiger partial charge < -0.3 is 19.1 Å². The molecule has 2 aromatic rings. The van der Waals surface area contributed by atoms with Crippen molar-refractivity contribution in [3.8, 4) is 11.5 Å². The summed E-state index contributed by atoms with van der Waals surface area (Å²) >= 11 is 0. The largest absolute Gasteiger partial charge is 0.497 e. The Hall–Kier alpha value is -2.29. The lowest BCUT2D eigenvalue weighted by Crippen LogP contribution is -2.36. The predicted molar refractivity (Wildman–Crippen MR) is 103 cm³/mol. The first-order chi connectivity index (χ1) is 13.0. The molecule has 146 valence electrons. The zero-order chi connectivity index (χ0) is 19.3. The number of morpholine rings is 1. The quantitative estimate of drug-likeness (QED) is 0.777. The topological polar surface area (TPSA) is 77.1 Å². The smallest absolute Gasteiger partial charge is 0.244 e. The summed E-state index contributed by atoms with van der Waals surface area (Å²) in [6.07, 6.45) is 0. The highest BCUT2D eigenvalue weighted by molar-refractivity contribution is 7.89. The molecule has 0 atom stereocenters. The van der Waals surface area contributed by atoms with Crippen molar-refractivity contribution in [2.24, 2.45) is 0 Å². The fraction of sp³-hybridized carbons (Fsp3) is 0.368. The second-order valence-corrected chi connectivity index (χ2v) is 7.84. The first kappa shape index (κ1) is 19.5. The molecule has 0 bridgehead atoms. The molecule has 1 heterocycles. The molecule has 2 aromatic carbocycles. The van der Waals surface area contributed by atoms with Crippen molar-refractivity contribution in [3.63, 3.8) is 0 Å². The number of nitrogens with zero attached hydrogens (tertiary/aromatic N) is 1. The average molecular weight is 392 g/mol. The second kappa shape index (κ2) is 8.60. The Morgan fingerprint density at radius 3 is 2.37 bits per heavy atom. The van der Waals surface area contributed by atoms with Crippen LogP contribution in [-0.4, -0.2) is 48.9 Å². The van der Waals surface area contributed by atoms with Gasteiger partial charge in [-0.2, -0.15) is 0 Å². The van der Waals surface area contributed by atoms with Crippen LogP contribution in [0, 0.1) is 0 Å². The van der Waals surface area contributed by atoms with E-state index in [9.17, 15) is 8.42 Å². The molecular formula is C19H24N2O5S. The summed E-state index contributed by atoms with van der Waals surface area (Å²) in [6.45, 7) is 3.38. The molecule has 0 radical (unpaired) electrons. The van der Waals surface area contributed by atoms with Crippen LogP contribution in [0.25, 0.3) is 0 Å². The summed E-state index contributed by atoms with van der Waals surface area (Å²) in [7, 11) is -0.770. The highest BCUT2D eigenvalue weighted by atomic mass is 32.2. The summed E-state index contributed by atoms with van der Waals surface area (Å²) in [4.78, 5) is 2.33. The molecule has 1 aliphatic rings. The number of ether oxygens (including phenoxy) is 3. The molecule has 27 heavy (non-hydrogen) atoms. The van der Waals surface area contributed by atoms with Gasteiger partial charge in [0.05, 0.1) is 27.4 Å². The maximum absolute atomic E-state index is 12.6. The van der Waals surface area contributed by atoms with Crippen LogP contribution in [0.1, 0.15) is 5.56 Å². The van der Waals surface area contributed by atoms with E-state index in [-0.39, 0.29) is 17.2 Å². The second-order valence-electron chi connectivity index (χ2n) is 6.11. The maximum atomic E-state index is 12.6. The molecule has 3 rings (SSSR count). The molecule has 1 aliphatic heterocycles. The Balaban J connectivity index is 1.68. The molecule has 1 fully saturated rings. The average Bonchev–Trinajstić information content (AvgIpc) is 2.72. The number of sulfonamides is 1. The lowest BCUT2D eigenvalue weighted by molar-refractivity contribution is 0.122. The third-order valence-electron chi connectivity index (χ3n) is 4.44. The van der Waals surface area contributed by atoms with Gasteiger partial charge in [0.25, 0.3) is 0 Å². The molecule has 0 aliphatic carbocycles. The zero-order valence-corrected chi connectivity index (χ0v) is 16.3. The van der Waals surface area contributed by atoms with E-state index in [1.807, 2.05) is 24.3 Å². The zero-order valence-electron chi connectivity index (χ0n) is 15.5. The van der Waals surface area contributed by atoms with Crippen LogP contribution in [0.5, 0.6) is 11.5 Å². The molecule has 0 amide bonds. The van der Waals surface area contributed by atoms with Crippen LogP contribution in [0.4, 0.5) is 5.69 Å². The Morgan fingerprint density at radius 1 is 1.04 bits per heavy atom. The normalized spacial score (nSPS) is 14.8. The molecule has 1 N–H and O–H groups in total. The highest BCUT2D eigenvalue weighted by Gasteiger charge is 2.20. The van der Waals surface area contributed by atoms with Crippen molar-refractivity contribution >= 4 is 15.7 Å². The van der Waals surface area contributed by atoms with Crippen LogP contribution in [0.2, 0.25) is 0 Å². The van der Waals surface area contributed by atoms with E-state index >= 15 is 0 Å². The van der Waals surface area contributed by atoms with Crippen molar-refractivity contribution in [1.82, 2.24) is 4.72 Å². The van der Waals surface area contributed by atoms with Crippen LogP contribution in [0.15, 0.2) is 47.4 Å². The minimum Gasteiger partial charge on any atom is -0.497 e. The Morgan fingerprint density at radius 2 is 1.74 bits per heavy atom. The number of rotatable bonds is 7. The molecule has 1 saturated heterocycles. The van der Waals surface area contributed by atoms with Crippen molar-refractivity contribution in [2.75, 3.05) is 45.4 Å². The van der Waals surface area contributed by atoms with Gasteiger partial charge >= 0.3 is 0 Å². The van der Waals surface area contributed by atoms with Crippen LogP contribution in [0.3, 0.4) is 0 Å². The molecule has 8 heteroatoms. The number of benzene rings is 2. The van der Waals surface area contributed by atoms with Gasteiger partial charge in [-0.15, -0.1) is 0 Å². The van der Waals surface area contributed by atoms with Crippen LogP contribution >= 0.6 is 0 Å². The SMILES string of the molecule is COc1ccc(S(=O)(=O)NCc2ccc(N3CCOCC3)cc2)c(OC)c1. The summed E-state index contributed by atoms with van der Waals surface area (Å²) < 4.78 is 43.6. The van der Waals surface area contributed by atoms with Crippen LogP contribution < -0.4 is 19.1 Å². The molecule has 0 saturated carbocycles. The first-order valence-corrected chi connectivity index (χ1v) is 10.1. The number of methoxy groups -OCH3 is 2. The van der Waals surface area contributed by atoms with Crippen molar-refractivity contribution < 1.29 is 22.6 Å². The van der Waals surface area contributed by atoms with E-state index in [4.69, 9.17) is 14.2 Å². The van der Waals surface area contributed by atoms with Crippen molar-refractivity contribution in [2.45, 2.75) is 11.4 Å². The fourth-order valence-electron chi connectivity index (χ4n) is 2.90. The van der Waals surface area contributed by atoms with E-state index in [2.05, 4.69) is 9.62 Å².